The van der Waals surface area contributed by atoms with E-state index in [9.17, 15) is 21.1 Å². The van der Waals surface area contributed by atoms with Crippen molar-refractivity contribution in [3.63, 3.8) is 0 Å². The quantitative estimate of drug-likeness (QED) is 0.670. The molecule has 2 nitrogen and oxygen atoms in total. The molecular formula is C7H9F3O2S. The van der Waals surface area contributed by atoms with Crippen molar-refractivity contribution < 1.29 is 21.1 Å². The van der Waals surface area contributed by atoms with Gasteiger partial charge in [0.25, 0.3) is 0 Å². The van der Waals surface area contributed by atoms with Crippen LogP contribution in [0.3, 0.4) is 0 Å². The van der Waals surface area contributed by atoms with Crippen LogP contribution in [0.2, 0.25) is 0 Å². The lowest BCUT2D eigenvalue weighted by atomic mass is 9.36. The molecule has 3 aliphatic carbocycles. The molecule has 0 unspecified atom stereocenters. The minimum atomic E-state index is -4.50. The zero-order valence-electron chi connectivity index (χ0n) is 6.76. The van der Waals surface area contributed by atoms with Crippen molar-refractivity contribution in [1.82, 2.24) is 0 Å². The van der Waals surface area contributed by atoms with Gasteiger partial charge >= 0.3 is 10.2 Å². The van der Waals surface area contributed by atoms with E-state index in [1.165, 1.54) is 0 Å². The lowest BCUT2D eigenvalue weighted by Crippen LogP contribution is -2.67. The molecule has 0 aromatic heterocycles. The Balaban J connectivity index is 1.98. The van der Waals surface area contributed by atoms with Crippen molar-refractivity contribution >= 4 is 10.2 Å². The third-order valence-corrected chi connectivity index (χ3v) is 4.08. The summed E-state index contributed by atoms with van der Waals surface area (Å²) in [6.45, 7) is 0. The molecule has 3 fully saturated rings. The predicted octanol–water partition coefficient (Wildman–Crippen LogP) is 1.72. The smallest absolute Gasteiger partial charge is 0.210 e. The molecule has 0 aliphatic heterocycles. The lowest BCUT2D eigenvalue weighted by Gasteiger charge is -2.69. The predicted molar refractivity (Wildman–Crippen MR) is 39.6 cm³/mol. The summed E-state index contributed by atoms with van der Waals surface area (Å²) in [5.74, 6) is -0.575. The summed E-state index contributed by atoms with van der Waals surface area (Å²) in [5, 5.41) is 0. The van der Waals surface area contributed by atoms with Crippen molar-refractivity contribution in [2.75, 3.05) is 5.75 Å². The van der Waals surface area contributed by atoms with Crippen LogP contribution in [-0.4, -0.2) is 20.6 Å². The maximum absolute atomic E-state index is 12.3. The number of alkyl halides is 2. The third-order valence-electron chi connectivity index (χ3n) is 3.12. The Morgan fingerprint density at radius 1 is 1.23 bits per heavy atom. The second-order valence-electron chi connectivity index (χ2n) is 4.38. The summed E-state index contributed by atoms with van der Waals surface area (Å²) in [6, 6.07) is 0. The van der Waals surface area contributed by atoms with E-state index in [2.05, 4.69) is 0 Å². The van der Waals surface area contributed by atoms with E-state index >= 15 is 0 Å². The molecule has 0 saturated heterocycles. The highest BCUT2D eigenvalue weighted by molar-refractivity contribution is 7.86. The van der Waals surface area contributed by atoms with Gasteiger partial charge in [-0.3, -0.25) is 0 Å². The van der Waals surface area contributed by atoms with Gasteiger partial charge in [-0.15, -0.1) is 3.89 Å². The Hall–Kier alpha value is -0.260. The molecule has 0 radical (unpaired) electrons. The van der Waals surface area contributed by atoms with Crippen LogP contribution in [0.4, 0.5) is 12.7 Å². The first kappa shape index (κ1) is 9.30. The normalized spacial score (nSPS) is 42.8. The molecule has 0 aromatic carbocycles. The molecule has 3 saturated carbocycles. The van der Waals surface area contributed by atoms with Crippen LogP contribution in [-0.2, 0) is 10.2 Å². The first-order valence-electron chi connectivity index (χ1n) is 3.98. The van der Waals surface area contributed by atoms with Crippen molar-refractivity contribution in [2.45, 2.75) is 25.7 Å². The fourth-order valence-electron chi connectivity index (χ4n) is 2.84. The summed E-state index contributed by atoms with van der Waals surface area (Å²) >= 11 is 0. The van der Waals surface area contributed by atoms with E-state index in [0.717, 1.165) is 0 Å². The van der Waals surface area contributed by atoms with Gasteiger partial charge in [-0.1, -0.05) is 0 Å². The summed E-state index contributed by atoms with van der Waals surface area (Å²) in [6.07, 6.45) is -1.89. The fraction of sp³-hybridized carbons (Fsp3) is 1.00. The van der Waals surface area contributed by atoms with Gasteiger partial charge in [0.05, 0.1) is 5.75 Å². The van der Waals surface area contributed by atoms with E-state index in [1.807, 2.05) is 0 Å². The SMILES string of the molecule is O=S(=O)(F)CC12CC(C(F)F)(C1)C2. The van der Waals surface area contributed by atoms with Crippen LogP contribution >= 0.6 is 0 Å². The van der Waals surface area contributed by atoms with Gasteiger partial charge < -0.3 is 0 Å². The fourth-order valence-corrected chi connectivity index (χ4v) is 3.87. The van der Waals surface area contributed by atoms with E-state index in [0.29, 0.717) is 0 Å². The molecule has 13 heavy (non-hydrogen) atoms. The highest BCUT2D eigenvalue weighted by Gasteiger charge is 2.72. The molecule has 0 aromatic rings. The van der Waals surface area contributed by atoms with Gasteiger partial charge in [0, 0.05) is 5.41 Å². The molecule has 6 heteroatoms. The number of rotatable bonds is 3. The van der Waals surface area contributed by atoms with Crippen LogP contribution in [0.1, 0.15) is 19.3 Å². The molecule has 0 amide bonds. The zero-order chi connectivity index (χ0) is 9.91. The molecule has 0 spiro atoms. The maximum atomic E-state index is 12.3. The Morgan fingerprint density at radius 3 is 2.00 bits per heavy atom. The average Bonchev–Trinajstić information content (AvgIpc) is 1.71. The van der Waals surface area contributed by atoms with Crippen LogP contribution in [0.15, 0.2) is 0 Å². The molecule has 3 rings (SSSR count). The summed E-state index contributed by atoms with van der Waals surface area (Å²) in [5.41, 5.74) is -1.62. The van der Waals surface area contributed by atoms with Crippen LogP contribution in [0, 0.1) is 10.8 Å². The van der Waals surface area contributed by atoms with E-state index in [4.69, 9.17) is 0 Å². The number of hydrogen-bond donors (Lipinski definition) is 0. The minimum Gasteiger partial charge on any atom is -0.210 e. The van der Waals surface area contributed by atoms with Gasteiger partial charge in [-0.25, -0.2) is 8.78 Å². The molecular weight excluding hydrogens is 205 g/mol. The third kappa shape index (κ3) is 1.26. The highest BCUT2D eigenvalue weighted by atomic mass is 32.3. The van der Waals surface area contributed by atoms with Crippen molar-refractivity contribution in [1.29, 1.82) is 0 Å². The van der Waals surface area contributed by atoms with Gasteiger partial charge in [-0.2, -0.15) is 8.42 Å². The molecule has 76 valence electrons. The molecule has 0 N–H and O–H groups in total. The standard InChI is InChI=1S/C7H9F3O2S/c8-5(9)7-1-6(2-7,3-7)4-13(10,11)12/h5H,1-4H2. The Bertz CT molecular complexity index is 316. The second kappa shape index (κ2) is 2.21. The van der Waals surface area contributed by atoms with Crippen molar-refractivity contribution in [2.24, 2.45) is 10.8 Å². The number of halogens is 3. The van der Waals surface area contributed by atoms with Crippen LogP contribution in [0.5, 0.6) is 0 Å². The van der Waals surface area contributed by atoms with Gasteiger partial charge in [0.2, 0.25) is 6.43 Å². The van der Waals surface area contributed by atoms with Gasteiger partial charge in [-0.05, 0) is 24.7 Å². The van der Waals surface area contributed by atoms with E-state index < -0.39 is 33.2 Å². The minimum absolute atomic E-state index is 0.167. The first-order valence-corrected chi connectivity index (χ1v) is 5.53. The summed E-state index contributed by atoms with van der Waals surface area (Å²) < 4.78 is 57.3. The maximum Gasteiger partial charge on any atom is 0.302 e. The van der Waals surface area contributed by atoms with E-state index in [1.54, 1.807) is 0 Å². The van der Waals surface area contributed by atoms with E-state index in [-0.39, 0.29) is 19.3 Å². The average molecular weight is 214 g/mol. The number of hydrogen-bond acceptors (Lipinski definition) is 2. The summed E-state index contributed by atoms with van der Waals surface area (Å²) in [7, 11) is -4.50. The molecule has 3 aliphatic rings. The monoisotopic (exact) mass is 214 g/mol. The molecule has 0 heterocycles. The lowest BCUT2D eigenvalue weighted by molar-refractivity contribution is -0.255. The topological polar surface area (TPSA) is 34.1 Å². The second-order valence-corrected chi connectivity index (χ2v) is 5.74. The van der Waals surface area contributed by atoms with Crippen LogP contribution < -0.4 is 0 Å². The molecule has 0 atom stereocenters. The Kier molecular flexibility index (Phi) is 1.58. The van der Waals surface area contributed by atoms with Gasteiger partial charge in [0.1, 0.15) is 0 Å². The van der Waals surface area contributed by atoms with Gasteiger partial charge in [0.15, 0.2) is 0 Å². The Morgan fingerprint density at radius 2 is 1.69 bits per heavy atom. The van der Waals surface area contributed by atoms with Crippen molar-refractivity contribution in [3.8, 4) is 0 Å². The summed E-state index contributed by atoms with van der Waals surface area (Å²) in [4.78, 5) is 0. The Labute approximate surface area is 74.3 Å². The van der Waals surface area contributed by atoms with Crippen LogP contribution in [0.25, 0.3) is 0 Å². The first-order chi connectivity index (χ1) is 5.77. The zero-order valence-corrected chi connectivity index (χ0v) is 7.58. The van der Waals surface area contributed by atoms with Crippen molar-refractivity contribution in [3.05, 3.63) is 0 Å². The highest BCUT2D eigenvalue weighted by Crippen LogP contribution is 2.75. The largest absolute Gasteiger partial charge is 0.302 e. The molecule has 2 bridgehead atoms.